The summed E-state index contributed by atoms with van der Waals surface area (Å²) in [6.07, 6.45) is 3.61. The number of nitrogens with zero attached hydrogens (tertiary/aromatic N) is 2. The van der Waals surface area contributed by atoms with Crippen molar-refractivity contribution in [2.75, 3.05) is 46.9 Å². The average molecular weight is 322 g/mol. The van der Waals surface area contributed by atoms with Crippen LogP contribution >= 0.6 is 0 Å². The van der Waals surface area contributed by atoms with Crippen molar-refractivity contribution in [1.82, 2.24) is 9.80 Å². The van der Waals surface area contributed by atoms with Crippen LogP contribution in [0, 0.1) is 0 Å². The molecule has 1 aliphatic heterocycles. The molecule has 1 amide bonds. The van der Waals surface area contributed by atoms with Crippen molar-refractivity contribution in [3.05, 3.63) is 30.5 Å². The van der Waals surface area contributed by atoms with Crippen LogP contribution < -0.4 is 4.74 Å². The molecule has 0 bridgehead atoms. The van der Waals surface area contributed by atoms with E-state index >= 15 is 0 Å². The molecule has 6 heteroatoms. The minimum absolute atomic E-state index is 0.000453. The molecule has 1 fully saturated rings. The van der Waals surface area contributed by atoms with Crippen molar-refractivity contribution in [3.8, 4) is 5.95 Å². The molecule has 0 aromatic carbocycles. The summed E-state index contributed by atoms with van der Waals surface area (Å²) in [5.74, 6) is 0.588. The van der Waals surface area contributed by atoms with E-state index in [0.29, 0.717) is 38.0 Å². The second kappa shape index (κ2) is 8.74. The summed E-state index contributed by atoms with van der Waals surface area (Å²) < 4.78 is 16.7. The molecular weight excluding hydrogens is 296 g/mol. The fourth-order valence-corrected chi connectivity index (χ4v) is 2.48. The van der Waals surface area contributed by atoms with Crippen molar-refractivity contribution in [3.63, 3.8) is 0 Å². The zero-order valence-corrected chi connectivity index (χ0v) is 14.0. The molecule has 0 saturated carbocycles. The van der Waals surface area contributed by atoms with E-state index in [0.717, 1.165) is 19.4 Å². The van der Waals surface area contributed by atoms with E-state index in [1.807, 2.05) is 20.2 Å². The lowest BCUT2D eigenvalue weighted by Gasteiger charge is -2.25. The predicted octanol–water partition coefficient (Wildman–Crippen LogP) is 2.03. The third-order valence-corrected chi connectivity index (χ3v) is 3.63. The zero-order valence-electron chi connectivity index (χ0n) is 14.0. The van der Waals surface area contributed by atoms with Gasteiger partial charge < -0.3 is 23.7 Å². The van der Waals surface area contributed by atoms with Gasteiger partial charge in [-0.1, -0.05) is 6.08 Å². The van der Waals surface area contributed by atoms with Crippen LogP contribution in [-0.4, -0.2) is 68.8 Å². The molecule has 1 aliphatic rings. The van der Waals surface area contributed by atoms with E-state index in [2.05, 4.69) is 11.5 Å². The van der Waals surface area contributed by atoms with E-state index in [1.54, 1.807) is 17.0 Å². The van der Waals surface area contributed by atoms with Gasteiger partial charge in [0, 0.05) is 25.7 Å². The number of carbonyl (C=O) groups is 1. The largest absolute Gasteiger partial charge is 0.460 e. The standard InChI is InChI=1S/C17H26N2O4/c1-4-5-6-14(13-18(2)3)22-16-8-7-15(23-16)17(20)19-9-11-21-12-10-19/h4,7-8,14H,1,5-6,9-13H2,2-3H3/t14-/m1/s1. The highest BCUT2D eigenvalue weighted by Gasteiger charge is 2.22. The van der Waals surface area contributed by atoms with E-state index in [-0.39, 0.29) is 12.0 Å². The normalized spacial score (nSPS) is 16.4. The SMILES string of the molecule is C=CCC[C@H](CN(C)C)Oc1ccc(C(=O)N2CCOCC2)o1. The minimum atomic E-state index is -0.113. The van der Waals surface area contributed by atoms with Gasteiger partial charge in [0.05, 0.1) is 13.2 Å². The first kappa shape index (κ1) is 17.6. The van der Waals surface area contributed by atoms with Gasteiger partial charge in [-0.3, -0.25) is 4.79 Å². The zero-order chi connectivity index (χ0) is 16.7. The van der Waals surface area contributed by atoms with E-state index in [1.165, 1.54) is 0 Å². The Morgan fingerprint density at radius 3 is 2.83 bits per heavy atom. The highest BCUT2D eigenvalue weighted by Crippen LogP contribution is 2.20. The number of morpholine rings is 1. The Hall–Kier alpha value is -1.79. The van der Waals surface area contributed by atoms with E-state index in [4.69, 9.17) is 13.9 Å². The van der Waals surface area contributed by atoms with Crippen LogP contribution in [0.2, 0.25) is 0 Å². The van der Waals surface area contributed by atoms with Gasteiger partial charge >= 0.3 is 0 Å². The van der Waals surface area contributed by atoms with Crippen LogP contribution in [0.5, 0.6) is 5.95 Å². The lowest BCUT2D eigenvalue weighted by Crippen LogP contribution is -2.40. The lowest BCUT2D eigenvalue weighted by molar-refractivity contribution is 0.0275. The first-order chi connectivity index (χ1) is 11.1. The van der Waals surface area contributed by atoms with Crippen molar-refractivity contribution >= 4 is 5.91 Å². The topological polar surface area (TPSA) is 55.2 Å². The van der Waals surface area contributed by atoms with Gasteiger partial charge in [0.1, 0.15) is 6.10 Å². The number of amides is 1. The molecule has 0 unspecified atom stereocenters. The van der Waals surface area contributed by atoms with Gasteiger partial charge in [0.25, 0.3) is 11.9 Å². The number of furan rings is 1. The fraction of sp³-hybridized carbons (Fsp3) is 0.588. The second-order valence-corrected chi connectivity index (χ2v) is 5.89. The molecule has 6 nitrogen and oxygen atoms in total. The molecule has 1 saturated heterocycles. The van der Waals surface area contributed by atoms with Gasteiger partial charge in [0.2, 0.25) is 0 Å². The Balaban J connectivity index is 1.96. The van der Waals surface area contributed by atoms with Crippen LogP contribution in [0.15, 0.2) is 29.2 Å². The minimum Gasteiger partial charge on any atom is -0.460 e. The fourth-order valence-electron chi connectivity index (χ4n) is 2.48. The highest BCUT2D eigenvalue weighted by molar-refractivity contribution is 5.91. The Morgan fingerprint density at radius 1 is 1.43 bits per heavy atom. The maximum absolute atomic E-state index is 12.3. The monoisotopic (exact) mass is 322 g/mol. The maximum Gasteiger partial charge on any atom is 0.289 e. The number of likely N-dealkylation sites (N-methyl/N-ethyl adjacent to an activating group) is 1. The maximum atomic E-state index is 12.3. The smallest absolute Gasteiger partial charge is 0.289 e. The number of ether oxygens (including phenoxy) is 2. The third kappa shape index (κ3) is 5.41. The van der Waals surface area contributed by atoms with Crippen LogP contribution in [0.1, 0.15) is 23.4 Å². The van der Waals surface area contributed by atoms with Crippen LogP contribution in [0.4, 0.5) is 0 Å². The molecule has 0 radical (unpaired) electrons. The summed E-state index contributed by atoms with van der Waals surface area (Å²) in [5, 5.41) is 0. The number of hydrogen-bond donors (Lipinski definition) is 0. The Morgan fingerprint density at radius 2 is 2.17 bits per heavy atom. The summed E-state index contributed by atoms with van der Waals surface area (Å²) in [7, 11) is 4.00. The van der Waals surface area contributed by atoms with Crippen LogP contribution in [0.25, 0.3) is 0 Å². The molecule has 0 aliphatic carbocycles. The molecule has 0 spiro atoms. The summed E-state index contributed by atoms with van der Waals surface area (Å²) in [5.41, 5.74) is 0. The van der Waals surface area contributed by atoms with Crippen molar-refractivity contribution in [1.29, 1.82) is 0 Å². The van der Waals surface area contributed by atoms with Crippen molar-refractivity contribution in [2.45, 2.75) is 18.9 Å². The summed E-state index contributed by atoms with van der Waals surface area (Å²) in [4.78, 5) is 16.2. The Bertz CT molecular complexity index is 506. The quantitative estimate of drug-likeness (QED) is 0.686. The number of allylic oxidation sites excluding steroid dienone is 1. The number of hydrogen-bond acceptors (Lipinski definition) is 5. The molecule has 23 heavy (non-hydrogen) atoms. The molecule has 128 valence electrons. The van der Waals surface area contributed by atoms with Crippen molar-refractivity contribution in [2.24, 2.45) is 0 Å². The third-order valence-electron chi connectivity index (χ3n) is 3.63. The van der Waals surface area contributed by atoms with Gasteiger partial charge in [-0.05, 0) is 33.0 Å². The number of carbonyl (C=O) groups excluding carboxylic acids is 1. The molecule has 1 atom stereocenters. The second-order valence-electron chi connectivity index (χ2n) is 5.89. The Labute approximate surface area is 137 Å². The molecule has 1 aromatic rings. The van der Waals surface area contributed by atoms with Gasteiger partial charge in [-0.15, -0.1) is 6.58 Å². The molecule has 0 N–H and O–H groups in total. The summed E-state index contributed by atoms with van der Waals surface area (Å²) in [6, 6.07) is 3.39. The van der Waals surface area contributed by atoms with E-state index in [9.17, 15) is 4.79 Å². The van der Waals surface area contributed by atoms with E-state index < -0.39 is 0 Å². The van der Waals surface area contributed by atoms with Crippen LogP contribution in [0.3, 0.4) is 0 Å². The number of rotatable bonds is 8. The van der Waals surface area contributed by atoms with Gasteiger partial charge in [-0.2, -0.15) is 0 Å². The first-order valence-electron chi connectivity index (χ1n) is 7.99. The molecular formula is C17H26N2O4. The molecule has 1 aromatic heterocycles. The summed E-state index contributed by atoms with van der Waals surface area (Å²) in [6.45, 7) is 6.86. The molecule has 2 rings (SSSR count). The van der Waals surface area contributed by atoms with Gasteiger partial charge in [0.15, 0.2) is 5.76 Å². The summed E-state index contributed by atoms with van der Waals surface area (Å²) >= 11 is 0. The lowest BCUT2D eigenvalue weighted by atomic mass is 10.2. The molecule has 2 heterocycles. The van der Waals surface area contributed by atoms with Crippen molar-refractivity contribution < 1.29 is 18.7 Å². The van der Waals surface area contributed by atoms with Gasteiger partial charge in [-0.25, -0.2) is 0 Å². The average Bonchev–Trinajstić information content (AvgIpc) is 3.00. The Kier molecular flexibility index (Phi) is 6.67. The first-order valence-corrected chi connectivity index (χ1v) is 7.99. The highest BCUT2D eigenvalue weighted by atomic mass is 16.6. The van der Waals surface area contributed by atoms with Crippen LogP contribution in [-0.2, 0) is 4.74 Å². The predicted molar refractivity (Wildman–Crippen MR) is 87.8 cm³/mol.